The van der Waals surface area contributed by atoms with Crippen LogP contribution < -0.4 is 0 Å². The molecule has 4 rings (SSSR count). The van der Waals surface area contributed by atoms with Crippen LogP contribution in [0.1, 0.15) is 35.2 Å². The Bertz CT molecular complexity index is 1040. The Kier molecular flexibility index (Phi) is 5.85. The molecule has 1 fully saturated rings. The third-order valence-corrected chi connectivity index (χ3v) is 5.97. The number of pyridine rings is 2. The number of aryl methyl sites for hydroxylation is 1. The van der Waals surface area contributed by atoms with Gasteiger partial charge in [-0.1, -0.05) is 30.3 Å². The standard InChI is InChI=1S/C25H24N4O/c26-19-25(11-8-20-5-2-1-3-6-20)12-17-29(18-13-25)24(30)22-7-4-14-28-23(22)21-9-15-27-16-10-21/h1-7,9-10,14-16H,8,11-13,17-18H2. The Morgan fingerprint density at radius 3 is 2.43 bits per heavy atom. The minimum atomic E-state index is -0.366. The van der Waals surface area contributed by atoms with Crippen LogP contribution in [-0.4, -0.2) is 33.9 Å². The molecule has 0 atom stereocenters. The molecule has 0 aliphatic carbocycles. The topological polar surface area (TPSA) is 69.9 Å². The van der Waals surface area contributed by atoms with Crippen LogP contribution in [-0.2, 0) is 6.42 Å². The molecule has 1 amide bonds. The highest BCUT2D eigenvalue weighted by Gasteiger charge is 2.36. The van der Waals surface area contributed by atoms with Crippen LogP contribution in [0.5, 0.6) is 0 Å². The van der Waals surface area contributed by atoms with Crippen molar-refractivity contribution in [2.75, 3.05) is 13.1 Å². The Morgan fingerprint density at radius 2 is 1.73 bits per heavy atom. The Morgan fingerprint density at radius 1 is 1.00 bits per heavy atom. The van der Waals surface area contributed by atoms with Crippen LogP contribution >= 0.6 is 0 Å². The minimum Gasteiger partial charge on any atom is -0.338 e. The maximum Gasteiger partial charge on any atom is 0.256 e. The lowest BCUT2D eigenvalue weighted by atomic mass is 9.75. The van der Waals surface area contributed by atoms with E-state index in [2.05, 4.69) is 28.2 Å². The van der Waals surface area contributed by atoms with E-state index >= 15 is 0 Å². The number of likely N-dealkylation sites (tertiary alicyclic amines) is 1. The molecule has 2 aromatic heterocycles. The van der Waals surface area contributed by atoms with E-state index in [1.165, 1.54) is 5.56 Å². The molecule has 5 nitrogen and oxygen atoms in total. The highest BCUT2D eigenvalue weighted by molar-refractivity contribution is 5.99. The summed E-state index contributed by atoms with van der Waals surface area (Å²) in [5.41, 5.74) is 3.03. The summed E-state index contributed by atoms with van der Waals surface area (Å²) in [5, 5.41) is 9.88. The average molecular weight is 396 g/mol. The van der Waals surface area contributed by atoms with Crippen molar-refractivity contribution in [2.24, 2.45) is 5.41 Å². The Labute approximate surface area is 177 Å². The molecular formula is C25H24N4O. The van der Waals surface area contributed by atoms with Gasteiger partial charge in [0.15, 0.2) is 0 Å². The second-order valence-corrected chi connectivity index (χ2v) is 7.81. The van der Waals surface area contributed by atoms with Crippen molar-refractivity contribution in [3.05, 3.63) is 84.3 Å². The number of amides is 1. The fourth-order valence-corrected chi connectivity index (χ4v) is 4.07. The smallest absolute Gasteiger partial charge is 0.256 e. The van der Waals surface area contributed by atoms with Gasteiger partial charge in [-0.3, -0.25) is 14.8 Å². The number of benzene rings is 1. The van der Waals surface area contributed by atoms with E-state index in [1.54, 1.807) is 24.7 Å². The van der Waals surface area contributed by atoms with Gasteiger partial charge in [0, 0.05) is 37.2 Å². The monoisotopic (exact) mass is 396 g/mol. The van der Waals surface area contributed by atoms with Crippen molar-refractivity contribution in [1.82, 2.24) is 14.9 Å². The van der Waals surface area contributed by atoms with Gasteiger partial charge in [0.05, 0.1) is 22.7 Å². The van der Waals surface area contributed by atoms with E-state index in [-0.39, 0.29) is 11.3 Å². The molecule has 0 bridgehead atoms. The van der Waals surface area contributed by atoms with Crippen molar-refractivity contribution in [1.29, 1.82) is 5.26 Å². The molecule has 1 aromatic carbocycles. The summed E-state index contributed by atoms with van der Waals surface area (Å²) in [7, 11) is 0. The number of rotatable bonds is 5. The number of carbonyl (C=O) groups excluding carboxylic acids is 1. The molecule has 0 radical (unpaired) electrons. The highest BCUT2D eigenvalue weighted by atomic mass is 16.2. The lowest BCUT2D eigenvalue weighted by Gasteiger charge is -2.37. The van der Waals surface area contributed by atoms with Crippen molar-refractivity contribution >= 4 is 5.91 Å². The van der Waals surface area contributed by atoms with Crippen molar-refractivity contribution in [3.63, 3.8) is 0 Å². The van der Waals surface area contributed by atoms with Crippen LogP contribution in [0.15, 0.2) is 73.2 Å². The van der Waals surface area contributed by atoms with Gasteiger partial charge in [-0.2, -0.15) is 5.26 Å². The lowest BCUT2D eigenvalue weighted by molar-refractivity contribution is 0.0639. The summed E-state index contributed by atoms with van der Waals surface area (Å²) in [6.07, 6.45) is 8.22. The number of nitrogens with zero attached hydrogens (tertiary/aromatic N) is 4. The summed E-state index contributed by atoms with van der Waals surface area (Å²) >= 11 is 0. The van der Waals surface area contributed by atoms with Crippen LogP contribution in [0.4, 0.5) is 0 Å². The molecule has 150 valence electrons. The first-order valence-electron chi connectivity index (χ1n) is 10.3. The minimum absolute atomic E-state index is 0.0236. The number of piperidine rings is 1. The summed E-state index contributed by atoms with van der Waals surface area (Å²) in [4.78, 5) is 23.6. The zero-order valence-electron chi connectivity index (χ0n) is 16.9. The summed E-state index contributed by atoms with van der Waals surface area (Å²) in [6, 6.07) is 20.2. The van der Waals surface area contributed by atoms with Gasteiger partial charge in [-0.05, 0) is 55.5 Å². The van der Waals surface area contributed by atoms with Crippen molar-refractivity contribution in [3.8, 4) is 17.3 Å². The van der Waals surface area contributed by atoms with Gasteiger partial charge in [0.25, 0.3) is 5.91 Å². The fourth-order valence-electron chi connectivity index (χ4n) is 4.07. The normalized spacial score (nSPS) is 15.4. The first-order chi connectivity index (χ1) is 14.7. The maximum absolute atomic E-state index is 13.3. The molecular weight excluding hydrogens is 372 g/mol. The molecule has 3 aromatic rings. The molecule has 1 aliphatic rings. The van der Waals surface area contributed by atoms with Gasteiger partial charge in [-0.25, -0.2) is 0 Å². The van der Waals surface area contributed by atoms with Crippen LogP contribution in [0.3, 0.4) is 0 Å². The molecule has 0 N–H and O–H groups in total. The summed E-state index contributed by atoms with van der Waals surface area (Å²) in [6.45, 7) is 1.18. The molecule has 0 saturated carbocycles. The lowest BCUT2D eigenvalue weighted by Crippen LogP contribution is -2.43. The van der Waals surface area contributed by atoms with Crippen LogP contribution in [0.2, 0.25) is 0 Å². The predicted molar refractivity (Wildman–Crippen MR) is 115 cm³/mol. The molecule has 30 heavy (non-hydrogen) atoms. The number of hydrogen-bond donors (Lipinski definition) is 0. The molecule has 5 heteroatoms. The first kappa shape index (κ1) is 19.8. The Hall–Kier alpha value is -3.52. The SMILES string of the molecule is N#CC1(CCc2ccccc2)CCN(C(=O)c2cccnc2-c2ccncc2)CC1. The zero-order valence-corrected chi connectivity index (χ0v) is 16.9. The Balaban J connectivity index is 1.45. The average Bonchev–Trinajstić information content (AvgIpc) is 2.84. The third kappa shape index (κ3) is 4.23. The van der Waals surface area contributed by atoms with Gasteiger partial charge in [0.2, 0.25) is 0 Å². The van der Waals surface area contributed by atoms with E-state index in [9.17, 15) is 10.1 Å². The van der Waals surface area contributed by atoms with Crippen LogP contribution in [0, 0.1) is 16.7 Å². The molecule has 1 aliphatic heterocycles. The van der Waals surface area contributed by atoms with E-state index in [0.29, 0.717) is 37.2 Å². The number of carbonyl (C=O) groups is 1. The third-order valence-electron chi connectivity index (χ3n) is 5.97. The van der Waals surface area contributed by atoms with Crippen molar-refractivity contribution < 1.29 is 4.79 Å². The van der Waals surface area contributed by atoms with E-state index in [0.717, 1.165) is 18.4 Å². The zero-order chi connectivity index (χ0) is 20.8. The van der Waals surface area contributed by atoms with Crippen molar-refractivity contribution in [2.45, 2.75) is 25.7 Å². The van der Waals surface area contributed by atoms with Crippen LogP contribution in [0.25, 0.3) is 11.3 Å². The molecule has 0 unspecified atom stereocenters. The molecule has 3 heterocycles. The molecule has 0 spiro atoms. The highest BCUT2D eigenvalue weighted by Crippen LogP contribution is 2.36. The number of hydrogen-bond acceptors (Lipinski definition) is 4. The predicted octanol–water partition coefficient (Wildman–Crippen LogP) is 4.52. The fraction of sp³-hybridized carbons (Fsp3) is 0.280. The molecule has 1 saturated heterocycles. The largest absolute Gasteiger partial charge is 0.338 e. The van der Waals surface area contributed by atoms with Gasteiger partial charge < -0.3 is 4.90 Å². The number of nitriles is 1. The van der Waals surface area contributed by atoms with Gasteiger partial charge >= 0.3 is 0 Å². The summed E-state index contributed by atoms with van der Waals surface area (Å²) < 4.78 is 0. The summed E-state index contributed by atoms with van der Waals surface area (Å²) in [5.74, 6) is -0.0236. The second kappa shape index (κ2) is 8.87. The van der Waals surface area contributed by atoms with E-state index in [1.807, 2.05) is 41.3 Å². The van der Waals surface area contributed by atoms with E-state index < -0.39 is 0 Å². The first-order valence-corrected chi connectivity index (χ1v) is 10.3. The van der Waals surface area contributed by atoms with E-state index in [4.69, 9.17) is 0 Å². The van der Waals surface area contributed by atoms with Gasteiger partial charge in [-0.15, -0.1) is 0 Å². The quantitative estimate of drug-likeness (QED) is 0.636. The second-order valence-electron chi connectivity index (χ2n) is 7.81. The maximum atomic E-state index is 13.3. The number of aromatic nitrogens is 2. The van der Waals surface area contributed by atoms with Gasteiger partial charge in [0.1, 0.15) is 0 Å².